The Morgan fingerprint density at radius 1 is 1.22 bits per heavy atom. The standard InChI is InChI=1S/C16H24BrN/c1-11(2)8-12(3)18-14-9-13(10-14)15-6-4-5-7-16(15)17/h4-7,11-14,18H,8-10H2,1-3H3. The van der Waals surface area contributed by atoms with Gasteiger partial charge in [-0.25, -0.2) is 0 Å². The first-order chi connectivity index (χ1) is 8.56. The van der Waals surface area contributed by atoms with Crippen molar-refractivity contribution in [3.8, 4) is 0 Å². The lowest BCUT2D eigenvalue weighted by molar-refractivity contribution is 0.257. The summed E-state index contributed by atoms with van der Waals surface area (Å²) >= 11 is 3.65. The van der Waals surface area contributed by atoms with E-state index in [1.807, 2.05) is 0 Å². The summed E-state index contributed by atoms with van der Waals surface area (Å²) in [6, 6.07) is 10.0. The Balaban J connectivity index is 1.79. The van der Waals surface area contributed by atoms with Gasteiger partial charge in [0.05, 0.1) is 0 Å². The highest BCUT2D eigenvalue weighted by Gasteiger charge is 2.31. The van der Waals surface area contributed by atoms with Gasteiger partial charge in [0.25, 0.3) is 0 Å². The van der Waals surface area contributed by atoms with Crippen LogP contribution in [-0.4, -0.2) is 12.1 Å². The normalized spacial score (nSPS) is 24.9. The van der Waals surface area contributed by atoms with Gasteiger partial charge in [0.15, 0.2) is 0 Å². The molecule has 0 radical (unpaired) electrons. The van der Waals surface area contributed by atoms with Crippen molar-refractivity contribution in [3.05, 3.63) is 34.3 Å². The molecule has 1 aromatic carbocycles. The number of nitrogens with one attached hydrogen (secondary N) is 1. The molecular formula is C16H24BrN. The van der Waals surface area contributed by atoms with E-state index in [1.165, 1.54) is 29.3 Å². The monoisotopic (exact) mass is 309 g/mol. The van der Waals surface area contributed by atoms with Crippen LogP contribution in [0.1, 0.15) is 51.5 Å². The van der Waals surface area contributed by atoms with Crippen molar-refractivity contribution in [2.45, 2.75) is 58.0 Å². The van der Waals surface area contributed by atoms with E-state index in [-0.39, 0.29) is 0 Å². The molecule has 1 aliphatic carbocycles. The van der Waals surface area contributed by atoms with Crippen LogP contribution in [0, 0.1) is 5.92 Å². The van der Waals surface area contributed by atoms with E-state index in [4.69, 9.17) is 0 Å². The molecule has 0 amide bonds. The fraction of sp³-hybridized carbons (Fsp3) is 0.625. The van der Waals surface area contributed by atoms with Crippen molar-refractivity contribution in [3.63, 3.8) is 0 Å². The molecule has 1 N–H and O–H groups in total. The molecule has 100 valence electrons. The van der Waals surface area contributed by atoms with E-state index in [9.17, 15) is 0 Å². The number of hydrogen-bond acceptors (Lipinski definition) is 1. The molecule has 0 heterocycles. The lowest BCUT2D eigenvalue weighted by Gasteiger charge is -2.39. The molecule has 0 bridgehead atoms. The maximum atomic E-state index is 3.75. The van der Waals surface area contributed by atoms with Crippen molar-refractivity contribution >= 4 is 15.9 Å². The van der Waals surface area contributed by atoms with Crippen molar-refractivity contribution in [1.82, 2.24) is 5.32 Å². The highest BCUT2D eigenvalue weighted by atomic mass is 79.9. The van der Waals surface area contributed by atoms with Crippen LogP contribution >= 0.6 is 15.9 Å². The average molecular weight is 310 g/mol. The second-order valence-corrected chi connectivity index (χ2v) is 6.94. The molecule has 0 spiro atoms. The van der Waals surface area contributed by atoms with Gasteiger partial charge in [0, 0.05) is 16.6 Å². The van der Waals surface area contributed by atoms with Gasteiger partial charge in [-0.1, -0.05) is 48.0 Å². The number of halogens is 1. The van der Waals surface area contributed by atoms with Gasteiger partial charge in [0.2, 0.25) is 0 Å². The summed E-state index contributed by atoms with van der Waals surface area (Å²) in [5.41, 5.74) is 1.48. The fourth-order valence-electron chi connectivity index (χ4n) is 2.99. The summed E-state index contributed by atoms with van der Waals surface area (Å²) in [6.07, 6.45) is 3.84. The second-order valence-electron chi connectivity index (χ2n) is 6.08. The summed E-state index contributed by atoms with van der Waals surface area (Å²) < 4.78 is 1.27. The van der Waals surface area contributed by atoms with Crippen LogP contribution in [0.5, 0.6) is 0 Å². The molecule has 2 heteroatoms. The largest absolute Gasteiger partial charge is 0.311 e. The van der Waals surface area contributed by atoms with Crippen LogP contribution in [0.15, 0.2) is 28.7 Å². The Morgan fingerprint density at radius 2 is 1.89 bits per heavy atom. The van der Waals surface area contributed by atoms with Crippen LogP contribution in [0.2, 0.25) is 0 Å². The van der Waals surface area contributed by atoms with E-state index in [2.05, 4.69) is 66.3 Å². The lowest BCUT2D eigenvalue weighted by Crippen LogP contribution is -2.44. The summed E-state index contributed by atoms with van der Waals surface area (Å²) in [7, 11) is 0. The van der Waals surface area contributed by atoms with Gasteiger partial charge in [-0.3, -0.25) is 0 Å². The molecule has 2 rings (SSSR count). The Morgan fingerprint density at radius 3 is 2.50 bits per heavy atom. The average Bonchev–Trinajstić information content (AvgIpc) is 2.23. The first kappa shape index (κ1) is 14.1. The Bertz CT molecular complexity index is 382. The Kier molecular flexibility index (Phi) is 4.85. The lowest BCUT2D eigenvalue weighted by atomic mass is 9.75. The molecule has 1 unspecified atom stereocenters. The molecule has 1 atom stereocenters. The van der Waals surface area contributed by atoms with Gasteiger partial charge in [-0.15, -0.1) is 0 Å². The zero-order valence-electron chi connectivity index (χ0n) is 11.6. The van der Waals surface area contributed by atoms with E-state index in [0.717, 1.165) is 17.9 Å². The fourth-order valence-corrected chi connectivity index (χ4v) is 3.60. The minimum atomic E-state index is 0.648. The third-order valence-electron chi connectivity index (χ3n) is 3.83. The van der Waals surface area contributed by atoms with Crippen LogP contribution in [0.4, 0.5) is 0 Å². The maximum absolute atomic E-state index is 3.75. The van der Waals surface area contributed by atoms with Gasteiger partial charge < -0.3 is 5.32 Å². The SMILES string of the molecule is CC(C)CC(C)NC1CC(c2ccccc2Br)C1. The summed E-state index contributed by atoms with van der Waals surface area (Å²) in [4.78, 5) is 0. The molecule has 0 aliphatic heterocycles. The molecule has 18 heavy (non-hydrogen) atoms. The maximum Gasteiger partial charge on any atom is 0.0210 e. The van der Waals surface area contributed by atoms with E-state index in [0.29, 0.717) is 6.04 Å². The minimum absolute atomic E-state index is 0.648. The predicted octanol–water partition coefficient (Wildman–Crippen LogP) is 4.72. The summed E-state index contributed by atoms with van der Waals surface area (Å²) in [5.74, 6) is 1.52. The quantitative estimate of drug-likeness (QED) is 0.830. The molecular weight excluding hydrogens is 286 g/mol. The van der Waals surface area contributed by atoms with Crippen molar-refractivity contribution in [2.24, 2.45) is 5.92 Å². The van der Waals surface area contributed by atoms with E-state index < -0.39 is 0 Å². The van der Waals surface area contributed by atoms with Gasteiger partial charge in [-0.2, -0.15) is 0 Å². The molecule has 1 fully saturated rings. The zero-order chi connectivity index (χ0) is 13.1. The molecule has 0 aromatic heterocycles. The molecule has 1 nitrogen and oxygen atoms in total. The van der Waals surface area contributed by atoms with Crippen LogP contribution in [0.3, 0.4) is 0 Å². The molecule has 1 saturated carbocycles. The zero-order valence-corrected chi connectivity index (χ0v) is 13.2. The Labute approximate surface area is 119 Å². The number of rotatable bonds is 5. The second kappa shape index (κ2) is 6.21. The summed E-state index contributed by atoms with van der Waals surface area (Å²) in [6.45, 7) is 6.90. The molecule has 0 saturated heterocycles. The van der Waals surface area contributed by atoms with Crippen molar-refractivity contribution < 1.29 is 0 Å². The highest BCUT2D eigenvalue weighted by Crippen LogP contribution is 2.40. The van der Waals surface area contributed by atoms with Crippen molar-refractivity contribution in [2.75, 3.05) is 0 Å². The Hall–Kier alpha value is -0.340. The van der Waals surface area contributed by atoms with E-state index in [1.54, 1.807) is 0 Å². The van der Waals surface area contributed by atoms with Crippen LogP contribution < -0.4 is 5.32 Å². The van der Waals surface area contributed by atoms with Crippen LogP contribution in [-0.2, 0) is 0 Å². The number of benzene rings is 1. The third-order valence-corrected chi connectivity index (χ3v) is 4.55. The first-order valence-electron chi connectivity index (χ1n) is 7.06. The highest BCUT2D eigenvalue weighted by molar-refractivity contribution is 9.10. The number of hydrogen-bond donors (Lipinski definition) is 1. The predicted molar refractivity (Wildman–Crippen MR) is 82.0 cm³/mol. The van der Waals surface area contributed by atoms with Gasteiger partial charge in [0.1, 0.15) is 0 Å². The first-order valence-corrected chi connectivity index (χ1v) is 7.86. The smallest absolute Gasteiger partial charge is 0.0210 e. The molecule has 1 aromatic rings. The summed E-state index contributed by atoms with van der Waals surface area (Å²) in [5, 5.41) is 3.75. The van der Waals surface area contributed by atoms with Crippen molar-refractivity contribution in [1.29, 1.82) is 0 Å². The van der Waals surface area contributed by atoms with E-state index >= 15 is 0 Å². The third kappa shape index (κ3) is 3.58. The minimum Gasteiger partial charge on any atom is -0.311 e. The topological polar surface area (TPSA) is 12.0 Å². The van der Waals surface area contributed by atoms with Gasteiger partial charge >= 0.3 is 0 Å². The molecule has 1 aliphatic rings. The van der Waals surface area contributed by atoms with Gasteiger partial charge in [-0.05, 0) is 49.7 Å². The van der Waals surface area contributed by atoms with Crippen LogP contribution in [0.25, 0.3) is 0 Å².